The Balaban J connectivity index is 1.71. The van der Waals surface area contributed by atoms with Crippen LogP contribution in [0.4, 0.5) is 0 Å². The summed E-state index contributed by atoms with van der Waals surface area (Å²) in [6.45, 7) is 1.57. The maximum Gasteiger partial charge on any atom is 0.330 e. The number of H-pyrrole nitrogens is 1. The molecular weight excluding hydrogens is 541 g/mol. The van der Waals surface area contributed by atoms with Gasteiger partial charge < -0.3 is 9.47 Å². The number of nitrogens with one attached hydrogen (secondary N) is 2. The zero-order valence-corrected chi connectivity index (χ0v) is 21.4. The van der Waals surface area contributed by atoms with Crippen molar-refractivity contribution in [3.05, 3.63) is 32.6 Å². The van der Waals surface area contributed by atoms with E-state index < -0.39 is 29.6 Å². The summed E-state index contributed by atoms with van der Waals surface area (Å²) in [5, 5.41) is 3.84. The van der Waals surface area contributed by atoms with E-state index in [0.717, 1.165) is 19.3 Å². The molecule has 1 fully saturated rings. The van der Waals surface area contributed by atoms with Gasteiger partial charge in [0.15, 0.2) is 6.04 Å². The second-order valence-corrected chi connectivity index (χ2v) is 9.51. The number of aryl methyl sites for hydroxylation is 1. The van der Waals surface area contributed by atoms with E-state index in [4.69, 9.17) is 15.0 Å². The van der Waals surface area contributed by atoms with E-state index in [1.54, 1.807) is 6.92 Å². The molecule has 0 spiro atoms. The molecule has 1 aromatic heterocycles. The Kier molecular flexibility index (Phi) is 12.6. The first-order valence-corrected chi connectivity index (χ1v) is 13.2. The molecule has 1 aromatic rings. The van der Waals surface area contributed by atoms with Crippen molar-refractivity contribution in [3.8, 4) is 0 Å². The Morgan fingerprint density at radius 3 is 2.48 bits per heavy atom. The zero-order valence-electron chi connectivity index (χ0n) is 19.3. The van der Waals surface area contributed by atoms with Crippen LogP contribution in [0, 0.1) is 12.5 Å². The summed E-state index contributed by atoms with van der Waals surface area (Å²) in [5.41, 5.74) is 6.37. The fourth-order valence-corrected chi connectivity index (χ4v) is 4.42. The minimum atomic E-state index is -0.686. The number of rotatable bonds is 15. The van der Waals surface area contributed by atoms with Crippen molar-refractivity contribution in [2.24, 2.45) is 5.11 Å². The largest absolute Gasteiger partial charge is 0.463 e. The molecule has 2 N–H and O–H groups in total. The summed E-state index contributed by atoms with van der Waals surface area (Å²) >= 11 is 2.42. The average Bonchev–Trinajstić information content (AvgIpc) is 3.18. The van der Waals surface area contributed by atoms with Gasteiger partial charge in [-0.1, -0.05) is 67.5 Å². The topological polar surface area (TPSA) is 141 Å². The number of hydrogen-bond donors (Lipinski definition) is 2. The fraction of sp³-hybridized carbons (Fsp3) is 0.773. The molecule has 0 bridgehead atoms. The molecule has 3 unspecified atom stereocenters. The second-order valence-electron chi connectivity index (χ2n) is 8.43. The van der Waals surface area contributed by atoms with Crippen molar-refractivity contribution in [1.82, 2.24) is 14.5 Å². The first-order chi connectivity index (χ1) is 16.0. The number of halogens is 1. The molecule has 2 heterocycles. The summed E-state index contributed by atoms with van der Waals surface area (Å²) in [4.78, 5) is 41.2. The molecule has 2 rings (SSSR count). The molecule has 10 nitrogen and oxygen atoms in total. The quantitative estimate of drug-likeness (QED) is 0.0813. The van der Waals surface area contributed by atoms with Gasteiger partial charge in [-0.15, -0.1) is 0 Å². The fourth-order valence-electron chi connectivity index (χ4n) is 3.88. The van der Waals surface area contributed by atoms with E-state index in [1.165, 1.54) is 53.7 Å². The number of carbonyl (C=O) groups excluding carboxylic acids is 1. The van der Waals surface area contributed by atoms with E-state index in [-0.39, 0.29) is 19.0 Å². The normalized spacial score (nSPS) is 19.9. The average molecular weight is 576 g/mol. The smallest absolute Gasteiger partial charge is 0.330 e. The second kappa shape index (κ2) is 15.1. The summed E-state index contributed by atoms with van der Waals surface area (Å²) in [7, 11) is 0. The Morgan fingerprint density at radius 1 is 1.21 bits per heavy atom. The monoisotopic (exact) mass is 576 g/mol. The molecule has 1 aliphatic heterocycles. The molecule has 184 valence electrons. The number of alkyl halides is 1. The highest BCUT2D eigenvalue weighted by Crippen LogP contribution is 2.30. The molecule has 0 amide bonds. The number of esters is 1. The van der Waals surface area contributed by atoms with E-state index in [0.29, 0.717) is 12.0 Å². The van der Waals surface area contributed by atoms with Crippen molar-refractivity contribution >= 4 is 28.6 Å². The molecular formula is C22H35IN5O5+. The molecule has 0 radical (unpaired) electrons. The Morgan fingerprint density at radius 2 is 1.85 bits per heavy atom. The van der Waals surface area contributed by atoms with Gasteiger partial charge in [-0.2, -0.15) is 0 Å². The van der Waals surface area contributed by atoms with Crippen LogP contribution in [-0.4, -0.2) is 38.7 Å². The van der Waals surface area contributed by atoms with E-state index in [9.17, 15) is 14.4 Å². The van der Waals surface area contributed by atoms with Crippen LogP contribution in [0.5, 0.6) is 0 Å². The highest BCUT2D eigenvalue weighted by atomic mass is 127. The standard InChI is InChI=1S/C22H34IN5O5/c1-16-14-28(22(31)25-21(16)30)19-13-17(26-27-24)18(33-19)15-32-20(29)11-9-7-5-3-2-4-6-8-10-12-23/h14,17-19,24H,2-13,15H2,1H3/p+1. The van der Waals surface area contributed by atoms with Gasteiger partial charge >= 0.3 is 11.7 Å². The predicted octanol–water partition coefficient (Wildman–Crippen LogP) is 3.93. The maximum absolute atomic E-state index is 12.1. The third-order valence-electron chi connectivity index (χ3n) is 5.79. The summed E-state index contributed by atoms with van der Waals surface area (Å²) in [5.74, 6) is -0.292. The third kappa shape index (κ3) is 9.50. The zero-order chi connectivity index (χ0) is 24.1. The highest BCUT2D eigenvalue weighted by molar-refractivity contribution is 14.1. The first-order valence-electron chi connectivity index (χ1n) is 11.7. The molecule has 1 saturated heterocycles. The van der Waals surface area contributed by atoms with Gasteiger partial charge in [0.2, 0.25) is 4.91 Å². The van der Waals surface area contributed by atoms with Gasteiger partial charge in [0.25, 0.3) is 5.56 Å². The van der Waals surface area contributed by atoms with Crippen LogP contribution in [-0.2, 0) is 14.3 Å². The van der Waals surface area contributed by atoms with E-state index >= 15 is 0 Å². The van der Waals surface area contributed by atoms with Crippen LogP contribution in [0.3, 0.4) is 0 Å². The summed E-state index contributed by atoms with van der Waals surface area (Å²) < 4.78 is 13.8. The minimum absolute atomic E-state index is 0.0205. The number of aromatic amines is 1. The van der Waals surface area contributed by atoms with Crippen molar-refractivity contribution < 1.29 is 14.3 Å². The van der Waals surface area contributed by atoms with Crippen LogP contribution < -0.4 is 16.2 Å². The number of hydrogen-bond acceptors (Lipinski definition) is 7. The molecule has 0 aromatic carbocycles. The lowest BCUT2D eigenvalue weighted by Gasteiger charge is -2.16. The van der Waals surface area contributed by atoms with Crippen LogP contribution in [0.1, 0.15) is 82.4 Å². The molecule has 1 aliphatic rings. The molecule has 11 heteroatoms. The summed E-state index contributed by atoms with van der Waals surface area (Å²) in [6, 6.07) is -0.517. The third-order valence-corrected chi connectivity index (χ3v) is 6.55. The van der Waals surface area contributed by atoms with E-state index in [1.807, 2.05) is 0 Å². The number of nitrogens with zero attached hydrogens (tertiary/aromatic N) is 3. The van der Waals surface area contributed by atoms with Gasteiger partial charge in [-0.3, -0.25) is 19.1 Å². The van der Waals surface area contributed by atoms with Crippen molar-refractivity contribution in [2.45, 2.75) is 95.9 Å². The number of ether oxygens (including phenoxy) is 2. The number of carbonyl (C=O) groups is 1. The minimum Gasteiger partial charge on any atom is -0.463 e. The van der Waals surface area contributed by atoms with Crippen LogP contribution in [0.25, 0.3) is 0 Å². The van der Waals surface area contributed by atoms with Gasteiger partial charge in [-0.05, 0) is 24.2 Å². The van der Waals surface area contributed by atoms with Crippen molar-refractivity contribution in [1.29, 1.82) is 5.53 Å². The van der Waals surface area contributed by atoms with Crippen LogP contribution in [0.15, 0.2) is 20.9 Å². The highest BCUT2D eigenvalue weighted by Gasteiger charge is 2.40. The molecule has 33 heavy (non-hydrogen) atoms. The molecule has 0 aliphatic carbocycles. The lowest BCUT2D eigenvalue weighted by Crippen LogP contribution is -2.33. The van der Waals surface area contributed by atoms with Gasteiger partial charge in [-0.25, -0.2) is 4.79 Å². The van der Waals surface area contributed by atoms with Crippen LogP contribution in [0.2, 0.25) is 0 Å². The number of unbranched alkanes of at least 4 members (excludes halogenated alkanes) is 8. The van der Waals surface area contributed by atoms with Crippen molar-refractivity contribution in [2.75, 3.05) is 11.0 Å². The summed E-state index contributed by atoms with van der Waals surface area (Å²) in [6.07, 6.45) is 11.4. The van der Waals surface area contributed by atoms with Crippen LogP contribution >= 0.6 is 22.6 Å². The van der Waals surface area contributed by atoms with Gasteiger partial charge in [0.05, 0.1) is 0 Å². The SMILES string of the molecule is Cc1cn(C2CC(N=[N+]=N)C(COC(=O)CCCCCCCCCCCI)O2)c(=O)[nH]c1=O. The predicted molar refractivity (Wildman–Crippen MR) is 132 cm³/mol. The molecule has 0 saturated carbocycles. The Hall–Kier alpha value is -1.85. The Bertz CT molecular complexity index is 911. The molecule has 3 atom stereocenters. The van der Waals surface area contributed by atoms with Gasteiger partial charge in [0.1, 0.15) is 29.6 Å². The lowest BCUT2D eigenvalue weighted by atomic mass is 10.1. The maximum atomic E-state index is 12.1. The van der Waals surface area contributed by atoms with Crippen molar-refractivity contribution in [3.63, 3.8) is 0 Å². The van der Waals surface area contributed by atoms with Gasteiger partial charge in [0, 0.05) is 24.6 Å². The Labute approximate surface area is 207 Å². The lowest BCUT2D eigenvalue weighted by molar-refractivity contribution is -0.148. The van der Waals surface area contributed by atoms with E-state index in [2.05, 4.69) is 37.6 Å². The number of aromatic nitrogens is 2. The first kappa shape index (κ1) is 27.4.